The van der Waals surface area contributed by atoms with Crippen LogP contribution in [0.4, 0.5) is 20.2 Å². The second-order valence-corrected chi connectivity index (χ2v) is 9.65. The Hall–Kier alpha value is -5.56. The van der Waals surface area contributed by atoms with Crippen molar-refractivity contribution >= 4 is 29.0 Å². The highest BCUT2D eigenvalue weighted by molar-refractivity contribution is 5.97. The third-order valence-corrected chi connectivity index (χ3v) is 6.62. The third kappa shape index (κ3) is 7.25. The van der Waals surface area contributed by atoms with E-state index in [-0.39, 0.29) is 36.5 Å². The van der Waals surface area contributed by atoms with Crippen molar-refractivity contribution in [2.45, 2.75) is 26.2 Å². The molecule has 228 valence electrons. The topological polar surface area (TPSA) is 172 Å². The Kier molecular flexibility index (Phi) is 10.0. The maximum atomic E-state index is 14.8. The van der Waals surface area contributed by atoms with Crippen molar-refractivity contribution in [1.82, 2.24) is 9.47 Å². The number of anilines is 2. The van der Waals surface area contributed by atoms with E-state index in [2.05, 4.69) is 10.5 Å². The van der Waals surface area contributed by atoms with Crippen molar-refractivity contribution < 1.29 is 23.5 Å². The minimum atomic E-state index is -1.42. The number of rotatable bonds is 12. The first-order chi connectivity index (χ1) is 21.1. The number of amides is 1. The molecule has 0 aliphatic heterocycles. The molecule has 0 bridgehead atoms. The van der Waals surface area contributed by atoms with E-state index in [0.717, 1.165) is 16.7 Å². The van der Waals surface area contributed by atoms with E-state index < -0.39 is 41.0 Å². The Morgan fingerprint density at radius 3 is 2.16 bits per heavy atom. The molecule has 1 atom stereocenters. The highest BCUT2D eigenvalue weighted by atomic mass is 19.1. The average Bonchev–Trinajstić information content (AvgIpc) is 3.00. The number of carbonyl (C=O) groups excluding carboxylic acids is 1. The van der Waals surface area contributed by atoms with Gasteiger partial charge in [-0.25, -0.2) is 8.78 Å². The van der Waals surface area contributed by atoms with Gasteiger partial charge in [0, 0.05) is 31.6 Å². The molecule has 3 aromatic carbocycles. The number of hydrogen-bond donors (Lipinski definition) is 5. The van der Waals surface area contributed by atoms with Crippen LogP contribution in [0.5, 0.6) is 0 Å². The van der Waals surface area contributed by atoms with Crippen LogP contribution >= 0.6 is 0 Å². The summed E-state index contributed by atoms with van der Waals surface area (Å²) in [6, 6.07) is 20.1. The van der Waals surface area contributed by atoms with Gasteiger partial charge in [0.2, 0.25) is 6.23 Å². The molecule has 13 heteroatoms. The van der Waals surface area contributed by atoms with Crippen molar-refractivity contribution in [3.05, 3.63) is 129 Å². The van der Waals surface area contributed by atoms with E-state index in [1.807, 2.05) is 6.07 Å². The van der Waals surface area contributed by atoms with E-state index in [1.165, 1.54) is 35.4 Å². The van der Waals surface area contributed by atoms with Crippen LogP contribution in [-0.4, -0.2) is 38.9 Å². The van der Waals surface area contributed by atoms with Crippen molar-refractivity contribution in [1.29, 1.82) is 5.41 Å². The number of oxime groups is 1. The van der Waals surface area contributed by atoms with Crippen LogP contribution in [0, 0.1) is 17.0 Å². The molecule has 0 saturated heterocycles. The molecule has 0 aliphatic rings. The summed E-state index contributed by atoms with van der Waals surface area (Å²) in [7, 11) is 0. The number of para-hydroxylation sites is 1. The lowest BCUT2D eigenvalue weighted by atomic mass is 10.1. The normalized spacial score (nSPS) is 12.0. The van der Waals surface area contributed by atoms with Crippen molar-refractivity contribution in [3.63, 3.8) is 0 Å². The van der Waals surface area contributed by atoms with Gasteiger partial charge in [0.05, 0.1) is 11.1 Å². The fraction of sp³-hybridized carbons (Fsp3) is 0.161. The number of benzene rings is 3. The Bertz CT molecular complexity index is 1740. The summed E-state index contributed by atoms with van der Waals surface area (Å²) in [6.07, 6.45) is -0.00512. The molecule has 1 unspecified atom stereocenters. The molecule has 0 radical (unpaired) electrons. The number of amidine groups is 2. The summed E-state index contributed by atoms with van der Waals surface area (Å²) in [4.78, 5) is 28.9. The van der Waals surface area contributed by atoms with Gasteiger partial charge in [-0.3, -0.25) is 19.6 Å². The van der Waals surface area contributed by atoms with Crippen LogP contribution < -0.4 is 22.3 Å². The molecular formula is C31H31F2N7O4. The summed E-state index contributed by atoms with van der Waals surface area (Å²) in [5.41, 5.74) is 11.7. The number of halogens is 2. The van der Waals surface area contributed by atoms with Gasteiger partial charge in [0.15, 0.2) is 5.84 Å². The fourth-order valence-electron chi connectivity index (χ4n) is 4.50. The van der Waals surface area contributed by atoms with E-state index >= 15 is 0 Å². The molecular weight excluding hydrogens is 572 g/mol. The molecule has 0 aliphatic carbocycles. The SMILES string of the molecule is CCOC(C(=O)N(Cc1ccc(C(=N)N)c(F)c1)Cc1ccc(C(N)=NO)c(F)c1)n1cccc(Nc2ccccc2)c1=O. The average molecular weight is 604 g/mol. The lowest BCUT2D eigenvalue weighted by Crippen LogP contribution is -2.41. The number of nitrogens with zero attached hydrogens (tertiary/aromatic N) is 3. The van der Waals surface area contributed by atoms with Crippen LogP contribution in [0.3, 0.4) is 0 Å². The van der Waals surface area contributed by atoms with E-state index in [9.17, 15) is 18.4 Å². The van der Waals surface area contributed by atoms with Gasteiger partial charge in [-0.2, -0.15) is 0 Å². The first-order valence-corrected chi connectivity index (χ1v) is 13.5. The molecule has 1 heterocycles. The molecule has 0 spiro atoms. The predicted molar refractivity (Wildman–Crippen MR) is 162 cm³/mol. The minimum absolute atomic E-state index is 0.0675. The number of ether oxygens (including phenoxy) is 1. The van der Waals surface area contributed by atoms with E-state index in [0.29, 0.717) is 16.8 Å². The summed E-state index contributed by atoms with van der Waals surface area (Å²) in [6.45, 7) is 1.39. The van der Waals surface area contributed by atoms with Gasteiger partial charge in [-0.1, -0.05) is 35.5 Å². The first-order valence-electron chi connectivity index (χ1n) is 13.5. The summed E-state index contributed by atoms with van der Waals surface area (Å²) < 4.78 is 36.5. The first kappa shape index (κ1) is 31.4. The lowest BCUT2D eigenvalue weighted by Gasteiger charge is -2.29. The Morgan fingerprint density at radius 1 is 1.00 bits per heavy atom. The zero-order chi connectivity index (χ0) is 31.8. The van der Waals surface area contributed by atoms with Gasteiger partial charge in [-0.05, 0) is 66.6 Å². The molecule has 0 fully saturated rings. The second kappa shape index (κ2) is 14.1. The van der Waals surface area contributed by atoms with Crippen LogP contribution in [0.2, 0.25) is 0 Å². The van der Waals surface area contributed by atoms with Gasteiger partial charge in [0.25, 0.3) is 11.5 Å². The van der Waals surface area contributed by atoms with Gasteiger partial charge < -0.3 is 31.6 Å². The zero-order valence-corrected chi connectivity index (χ0v) is 23.7. The van der Waals surface area contributed by atoms with Crippen LogP contribution in [-0.2, 0) is 22.6 Å². The van der Waals surface area contributed by atoms with E-state index in [1.54, 1.807) is 43.3 Å². The van der Waals surface area contributed by atoms with Gasteiger partial charge >= 0.3 is 0 Å². The van der Waals surface area contributed by atoms with Crippen LogP contribution in [0.1, 0.15) is 35.4 Å². The minimum Gasteiger partial charge on any atom is -0.409 e. The number of nitrogens with one attached hydrogen (secondary N) is 2. The fourth-order valence-corrected chi connectivity index (χ4v) is 4.50. The highest BCUT2D eigenvalue weighted by Gasteiger charge is 2.29. The Morgan fingerprint density at radius 2 is 1.61 bits per heavy atom. The Labute approximate surface area is 251 Å². The summed E-state index contributed by atoms with van der Waals surface area (Å²) in [5, 5.41) is 22.3. The van der Waals surface area contributed by atoms with Crippen LogP contribution in [0.25, 0.3) is 0 Å². The molecule has 1 aromatic heterocycles. The number of hydrogen-bond acceptors (Lipinski definition) is 7. The number of carbonyl (C=O) groups is 1. The number of aromatic nitrogens is 1. The van der Waals surface area contributed by atoms with Gasteiger partial charge in [0.1, 0.15) is 23.2 Å². The second-order valence-electron chi connectivity index (χ2n) is 9.65. The van der Waals surface area contributed by atoms with E-state index in [4.69, 9.17) is 26.8 Å². The highest BCUT2D eigenvalue weighted by Crippen LogP contribution is 2.21. The summed E-state index contributed by atoms with van der Waals surface area (Å²) in [5.74, 6) is -3.10. The molecule has 4 aromatic rings. The monoisotopic (exact) mass is 603 g/mol. The standard InChI is InChI=1S/C31H31F2N7O4/c1-2-44-31(40-14-6-9-26(29(40)41)37-21-7-4-3-5-8-21)30(42)39(17-19-10-12-22(27(34)35)24(32)15-19)18-20-11-13-23(25(33)16-20)28(36)38-43/h3-16,31,37,43H,2,17-18H2,1H3,(H3,34,35)(H2,36,38). The largest absolute Gasteiger partial charge is 0.409 e. The van der Waals surface area contributed by atoms with Crippen molar-refractivity contribution in [3.8, 4) is 0 Å². The number of nitrogen functional groups attached to an aromatic ring is 1. The number of pyridine rings is 1. The predicted octanol–water partition coefficient (Wildman–Crippen LogP) is 4.01. The smallest absolute Gasteiger partial charge is 0.276 e. The van der Waals surface area contributed by atoms with Crippen LogP contribution in [0.15, 0.2) is 95.0 Å². The maximum absolute atomic E-state index is 14.8. The lowest BCUT2D eigenvalue weighted by molar-refractivity contribution is -0.151. The molecule has 11 nitrogen and oxygen atoms in total. The van der Waals surface area contributed by atoms with Crippen molar-refractivity contribution in [2.24, 2.45) is 16.6 Å². The third-order valence-electron chi connectivity index (χ3n) is 6.62. The molecule has 0 saturated carbocycles. The van der Waals surface area contributed by atoms with Crippen molar-refractivity contribution in [2.75, 3.05) is 11.9 Å². The van der Waals surface area contributed by atoms with Gasteiger partial charge in [-0.15, -0.1) is 0 Å². The number of nitrogens with two attached hydrogens (primary N) is 2. The molecule has 44 heavy (non-hydrogen) atoms. The Balaban J connectivity index is 1.73. The zero-order valence-electron chi connectivity index (χ0n) is 23.7. The molecule has 7 N–H and O–H groups in total. The molecule has 1 amide bonds. The molecule has 4 rings (SSSR count). The quantitative estimate of drug-likeness (QED) is 0.0704. The summed E-state index contributed by atoms with van der Waals surface area (Å²) >= 11 is 0. The maximum Gasteiger partial charge on any atom is 0.276 e.